The lowest BCUT2D eigenvalue weighted by atomic mass is 10.2. The van der Waals surface area contributed by atoms with Gasteiger partial charge in [-0.3, -0.25) is 0 Å². The minimum atomic E-state index is -0.423. The van der Waals surface area contributed by atoms with Gasteiger partial charge in [0.2, 0.25) is 0 Å². The van der Waals surface area contributed by atoms with Gasteiger partial charge in [0.05, 0.1) is 28.7 Å². The molecule has 0 fully saturated rings. The third kappa shape index (κ3) is 2.54. The van der Waals surface area contributed by atoms with Crippen LogP contribution in [0.3, 0.4) is 0 Å². The number of hydrogen-bond acceptors (Lipinski definition) is 3. The summed E-state index contributed by atoms with van der Waals surface area (Å²) in [7, 11) is 2.86. The van der Waals surface area contributed by atoms with Crippen molar-refractivity contribution in [2.75, 3.05) is 14.2 Å². The Kier molecular flexibility index (Phi) is 4.61. The van der Waals surface area contributed by atoms with Crippen molar-refractivity contribution >= 4 is 53.8 Å². The molecule has 82 valence electrons. The summed E-state index contributed by atoms with van der Waals surface area (Å²) >= 11 is 9.98. The minimum absolute atomic E-state index is 0.407. The van der Waals surface area contributed by atoms with Crippen LogP contribution >= 0.6 is 47.8 Å². The first-order valence-corrected chi connectivity index (χ1v) is 6.20. The van der Waals surface area contributed by atoms with E-state index in [9.17, 15) is 4.79 Å². The molecule has 0 N–H and O–H groups in total. The van der Waals surface area contributed by atoms with Crippen LogP contribution in [0.25, 0.3) is 0 Å². The van der Waals surface area contributed by atoms with E-state index in [4.69, 9.17) is 4.74 Å². The van der Waals surface area contributed by atoms with E-state index < -0.39 is 5.97 Å². The average molecular weight is 403 g/mol. The fourth-order valence-corrected chi connectivity index (χ4v) is 2.61. The second-order valence-electron chi connectivity index (χ2n) is 2.56. The molecule has 0 spiro atoms. The number of carbonyl (C=O) groups is 1. The van der Waals surface area contributed by atoms with Crippen molar-refractivity contribution in [2.45, 2.75) is 0 Å². The second-order valence-corrected chi connectivity index (χ2v) is 4.94. The number of esters is 1. The Balaban J connectivity index is 3.41. The van der Waals surface area contributed by atoms with E-state index in [0.29, 0.717) is 20.3 Å². The molecule has 0 saturated carbocycles. The Bertz CT molecular complexity index is 404. The molecule has 0 aliphatic carbocycles. The summed E-state index contributed by atoms with van der Waals surface area (Å²) in [6.07, 6.45) is 0. The Hall–Kier alpha value is -0.0700. The van der Waals surface area contributed by atoms with Crippen molar-refractivity contribution in [3.05, 3.63) is 25.0 Å². The van der Waals surface area contributed by atoms with Crippen molar-refractivity contribution in [3.63, 3.8) is 0 Å². The highest BCUT2D eigenvalue weighted by molar-refractivity contribution is 9.14. The summed E-state index contributed by atoms with van der Waals surface area (Å²) in [5.74, 6) is 0.138. The van der Waals surface area contributed by atoms with Gasteiger partial charge in [-0.05, 0) is 53.9 Å². The van der Waals surface area contributed by atoms with Gasteiger partial charge in [-0.1, -0.05) is 0 Å². The van der Waals surface area contributed by atoms with Crippen LogP contribution in [0, 0.1) is 0 Å². The lowest BCUT2D eigenvalue weighted by Gasteiger charge is -2.10. The maximum atomic E-state index is 11.4. The molecule has 1 aromatic carbocycles. The first-order chi connectivity index (χ1) is 7.02. The topological polar surface area (TPSA) is 35.5 Å². The number of benzene rings is 1. The molecule has 0 atom stereocenters. The van der Waals surface area contributed by atoms with E-state index in [2.05, 4.69) is 52.5 Å². The van der Waals surface area contributed by atoms with Crippen molar-refractivity contribution in [1.82, 2.24) is 0 Å². The molecule has 0 radical (unpaired) electrons. The number of ether oxygens (including phenoxy) is 2. The summed E-state index contributed by atoms with van der Waals surface area (Å²) in [6.45, 7) is 0. The number of methoxy groups -OCH3 is 2. The van der Waals surface area contributed by atoms with Crippen molar-refractivity contribution in [3.8, 4) is 5.75 Å². The van der Waals surface area contributed by atoms with Crippen LogP contribution in [0.2, 0.25) is 0 Å². The zero-order valence-electron chi connectivity index (χ0n) is 7.94. The highest BCUT2D eigenvalue weighted by Gasteiger charge is 2.18. The fourth-order valence-electron chi connectivity index (χ4n) is 0.988. The molecule has 0 bridgehead atoms. The quantitative estimate of drug-likeness (QED) is 0.558. The zero-order chi connectivity index (χ0) is 11.6. The van der Waals surface area contributed by atoms with Crippen molar-refractivity contribution in [1.29, 1.82) is 0 Å². The third-order valence-electron chi connectivity index (χ3n) is 1.74. The maximum Gasteiger partial charge on any atom is 0.339 e. The highest BCUT2D eigenvalue weighted by atomic mass is 79.9. The van der Waals surface area contributed by atoms with Gasteiger partial charge in [0.15, 0.2) is 0 Å². The number of rotatable bonds is 2. The van der Waals surface area contributed by atoms with E-state index in [1.807, 2.05) is 0 Å². The summed E-state index contributed by atoms with van der Waals surface area (Å²) in [5, 5.41) is 0. The van der Waals surface area contributed by atoms with Gasteiger partial charge >= 0.3 is 5.97 Å². The minimum Gasteiger partial charge on any atom is -0.496 e. The van der Waals surface area contributed by atoms with Crippen LogP contribution < -0.4 is 4.74 Å². The van der Waals surface area contributed by atoms with Gasteiger partial charge < -0.3 is 9.47 Å². The number of carbonyl (C=O) groups excluding carboxylic acids is 1. The molecule has 6 heteroatoms. The van der Waals surface area contributed by atoms with E-state index in [0.717, 1.165) is 4.47 Å². The Morgan fingerprint density at radius 1 is 1.13 bits per heavy atom. The highest BCUT2D eigenvalue weighted by Crippen LogP contribution is 2.40. The molecule has 1 aromatic rings. The molecule has 0 unspecified atom stereocenters. The van der Waals surface area contributed by atoms with Crippen LogP contribution in [0.15, 0.2) is 19.5 Å². The summed E-state index contributed by atoms with van der Waals surface area (Å²) in [6, 6.07) is 1.60. The summed E-state index contributed by atoms with van der Waals surface area (Å²) in [4.78, 5) is 11.4. The van der Waals surface area contributed by atoms with E-state index >= 15 is 0 Å². The van der Waals surface area contributed by atoms with Gasteiger partial charge in [0, 0.05) is 4.47 Å². The molecule has 0 amide bonds. The molecule has 15 heavy (non-hydrogen) atoms. The molecule has 3 nitrogen and oxygen atoms in total. The molecule has 0 aromatic heterocycles. The van der Waals surface area contributed by atoms with Gasteiger partial charge in [-0.15, -0.1) is 0 Å². The Morgan fingerprint density at radius 2 is 1.73 bits per heavy atom. The molecular weight excluding hydrogens is 396 g/mol. The molecule has 0 saturated heterocycles. The monoisotopic (exact) mass is 400 g/mol. The van der Waals surface area contributed by atoms with E-state index in [-0.39, 0.29) is 0 Å². The Morgan fingerprint density at radius 3 is 2.20 bits per heavy atom. The Labute approximate surface area is 113 Å². The van der Waals surface area contributed by atoms with Crippen LogP contribution in [0.4, 0.5) is 0 Å². The van der Waals surface area contributed by atoms with Crippen LogP contribution in [-0.4, -0.2) is 20.2 Å². The van der Waals surface area contributed by atoms with Crippen LogP contribution in [0.5, 0.6) is 5.75 Å². The summed E-state index contributed by atoms with van der Waals surface area (Å²) in [5.41, 5.74) is 0.407. The van der Waals surface area contributed by atoms with Gasteiger partial charge in [0.1, 0.15) is 5.75 Å². The molecule has 0 aliphatic heterocycles. The second kappa shape index (κ2) is 5.32. The fraction of sp³-hybridized carbons (Fsp3) is 0.222. The maximum absolute atomic E-state index is 11.4. The average Bonchev–Trinajstić information content (AvgIpc) is 2.25. The smallest absolute Gasteiger partial charge is 0.339 e. The first kappa shape index (κ1) is 13.0. The molecule has 1 rings (SSSR count). The molecule has 0 heterocycles. The molecular formula is C9H7Br3O3. The predicted octanol–water partition coefficient (Wildman–Crippen LogP) is 3.77. The zero-order valence-corrected chi connectivity index (χ0v) is 12.7. The lowest BCUT2D eigenvalue weighted by Crippen LogP contribution is -2.03. The largest absolute Gasteiger partial charge is 0.496 e. The van der Waals surface area contributed by atoms with E-state index in [1.165, 1.54) is 14.2 Å². The van der Waals surface area contributed by atoms with Gasteiger partial charge in [-0.2, -0.15) is 0 Å². The standard InChI is InChI=1S/C9H7Br3O3/c1-14-5-3-4(9(13)15-2)6(10)8(12)7(5)11/h3H,1-2H3. The lowest BCUT2D eigenvalue weighted by molar-refractivity contribution is 0.0599. The van der Waals surface area contributed by atoms with Crippen molar-refractivity contribution in [2.24, 2.45) is 0 Å². The molecule has 0 aliphatic rings. The van der Waals surface area contributed by atoms with Gasteiger partial charge in [-0.25, -0.2) is 4.79 Å². The number of halogens is 3. The summed E-state index contributed by atoms with van der Waals surface area (Å²) < 4.78 is 11.8. The number of hydrogen-bond donors (Lipinski definition) is 0. The normalized spacial score (nSPS) is 9.93. The van der Waals surface area contributed by atoms with Crippen molar-refractivity contribution < 1.29 is 14.3 Å². The first-order valence-electron chi connectivity index (χ1n) is 3.82. The van der Waals surface area contributed by atoms with Crippen LogP contribution in [0.1, 0.15) is 10.4 Å². The van der Waals surface area contributed by atoms with E-state index in [1.54, 1.807) is 6.07 Å². The van der Waals surface area contributed by atoms with Crippen LogP contribution in [-0.2, 0) is 4.74 Å². The SMILES string of the molecule is COC(=O)c1cc(OC)c(Br)c(Br)c1Br. The van der Waals surface area contributed by atoms with Gasteiger partial charge in [0.25, 0.3) is 0 Å². The predicted molar refractivity (Wildman–Crippen MR) is 67.4 cm³/mol. The third-order valence-corrected chi connectivity index (χ3v) is 5.21.